The second kappa shape index (κ2) is 10.0. The number of nitrogens with zero attached hydrogens (tertiary/aromatic N) is 1. The predicted octanol–water partition coefficient (Wildman–Crippen LogP) is 2.98. The SMILES string of the molecule is COc1ccc([N+](=O)[O-])cc1NCC(=O)NCCc1ccc(OC(F)F)cc1. The average Bonchev–Trinajstić information content (AvgIpc) is 2.67. The zero-order valence-corrected chi connectivity index (χ0v) is 15.0. The van der Waals surface area contributed by atoms with Crippen LogP contribution in [0.3, 0.4) is 0 Å². The van der Waals surface area contributed by atoms with E-state index in [1.54, 1.807) is 12.1 Å². The van der Waals surface area contributed by atoms with Crippen LogP contribution < -0.4 is 20.1 Å². The number of methoxy groups -OCH3 is 1. The Balaban J connectivity index is 1.80. The summed E-state index contributed by atoms with van der Waals surface area (Å²) in [6.45, 7) is -2.64. The van der Waals surface area contributed by atoms with Gasteiger partial charge in [0.2, 0.25) is 5.91 Å². The molecule has 10 heteroatoms. The second-order valence-electron chi connectivity index (χ2n) is 5.62. The zero-order chi connectivity index (χ0) is 20.5. The number of hydrogen-bond acceptors (Lipinski definition) is 6. The van der Waals surface area contributed by atoms with Gasteiger partial charge in [-0.3, -0.25) is 14.9 Å². The molecule has 0 spiro atoms. The molecule has 8 nitrogen and oxygen atoms in total. The number of amides is 1. The van der Waals surface area contributed by atoms with Crippen molar-refractivity contribution in [3.63, 3.8) is 0 Å². The molecule has 2 N–H and O–H groups in total. The molecule has 0 radical (unpaired) electrons. The van der Waals surface area contributed by atoms with Crippen LogP contribution in [0.4, 0.5) is 20.2 Å². The van der Waals surface area contributed by atoms with Crippen molar-refractivity contribution in [2.75, 3.05) is 25.5 Å². The van der Waals surface area contributed by atoms with Crippen molar-refractivity contribution in [1.29, 1.82) is 0 Å². The number of hydrogen-bond donors (Lipinski definition) is 2. The monoisotopic (exact) mass is 395 g/mol. The third-order valence-electron chi connectivity index (χ3n) is 3.72. The Labute approximate surface area is 159 Å². The summed E-state index contributed by atoms with van der Waals surface area (Å²) < 4.78 is 33.6. The molecule has 2 aromatic carbocycles. The molecule has 0 saturated heterocycles. The smallest absolute Gasteiger partial charge is 0.387 e. The minimum Gasteiger partial charge on any atom is -0.495 e. The van der Waals surface area contributed by atoms with E-state index in [1.165, 1.54) is 37.4 Å². The fourth-order valence-electron chi connectivity index (χ4n) is 2.37. The molecule has 0 atom stereocenters. The number of nitro benzene ring substituents is 1. The van der Waals surface area contributed by atoms with Crippen molar-refractivity contribution < 1.29 is 28.0 Å². The number of carbonyl (C=O) groups is 1. The normalized spacial score (nSPS) is 10.4. The molecule has 0 fully saturated rings. The van der Waals surface area contributed by atoms with Gasteiger partial charge in [-0.15, -0.1) is 0 Å². The lowest BCUT2D eigenvalue weighted by atomic mass is 10.1. The van der Waals surface area contributed by atoms with Gasteiger partial charge in [-0.2, -0.15) is 8.78 Å². The number of nitrogens with one attached hydrogen (secondary N) is 2. The van der Waals surface area contributed by atoms with Crippen LogP contribution in [0.25, 0.3) is 0 Å². The Morgan fingerprint density at radius 2 is 1.93 bits per heavy atom. The molecule has 2 aromatic rings. The average molecular weight is 395 g/mol. The van der Waals surface area contributed by atoms with Crippen molar-refractivity contribution in [2.45, 2.75) is 13.0 Å². The standard InChI is InChI=1S/C18H19F2N3O5/c1-27-16-7-4-13(23(25)26)10-15(16)22-11-17(24)21-9-8-12-2-5-14(6-3-12)28-18(19)20/h2-7,10,18,22H,8-9,11H2,1H3,(H,21,24). The van der Waals surface area contributed by atoms with Crippen LogP contribution in [0.1, 0.15) is 5.56 Å². The minimum absolute atomic E-state index is 0.0675. The highest BCUT2D eigenvalue weighted by Gasteiger charge is 2.12. The number of benzene rings is 2. The van der Waals surface area contributed by atoms with Gasteiger partial charge in [-0.05, 0) is 30.2 Å². The van der Waals surface area contributed by atoms with Gasteiger partial charge in [0.1, 0.15) is 11.5 Å². The summed E-state index contributed by atoms with van der Waals surface area (Å²) in [6.07, 6.45) is 0.501. The van der Waals surface area contributed by atoms with E-state index >= 15 is 0 Å². The number of nitro groups is 1. The molecular weight excluding hydrogens is 376 g/mol. The second-order valence-corrected chi connectivity index (χ2v) is 5.62. The molecule has 0 unspecified atom stereocenters. The number of ether oxygens (including phenoxy) is 2. The van der Waals surface area contributed by atoms with Crippen LogP contribution in [-0.4, -0.2) is 37.6 Å². The summed E-state index contributed by atoms with van der Waals surface area (Å²) in [5.74, 6) is 0.133. The first kappa shape index (κ1) is 20.9. The van der Waals surface area contributed by atoms with Crippen molar-refractivity contribution in [1.82, 2.24) is 5.32 Å². The minimum atomic E-state index is -2.87. The third kappa shape index (κ3) is 6.38. The molecule has 0 saturated carbocycles. The Bertz CT molecular complexity index is 815. The van der Waals surface area contributed by atoms with Crippen molar-refractivity contribution in [3.8, 4) is 11.5 Å². The highest BCUT2D eigenvalue weighted by Crippen LogP contribution is 2.28. The number of alkyl halides is 2. The highest BCUT2D eigenvalue weighted by molar-refractivity contribution is 5.81. The lowest BCUT2D eigenvalue weighted by Crippen LogP contribution is -2.31. The van der Waals surface area contributed by atoms with E-state index in [4.69, 9.17) is 4.74 Å². The van der Waals surface area contributed by atoms with Gasteiger partial charge in [-0.25, -0.2) is 0 Å². The number of rotatable bonds is 10. The number of non-ortho nitro benzene ring substituents is 1. The number of anilines is 1. The molecule has 1 amide bonds. The Morgan fingerprint density at radius 1 is 1.21 bits per heavy atom. The maximum Gasteiger partial charge on any atom is 0.387 e. The summed E-state index contributed by atoms with van der Waals surface area (Å²) in [7, 11) is 1.42. The Hall–Kier alpha value is -3.43. The van der Waals surface area contributed by atoms with Gasteiger partial charge in [0, 0.05) is 18.7 Å². The van der Waals surface area contributed by atoms with Crippen molar-refractivity contribution in [2.24, 2.45) is 0 Å². The van der Waals surface area contributed by atoms with Gasteiger partial charge < -0.3 is 20.1 Å². The fraction of sp³-hybridized carbons (Fsp3) is 0.278. The molecule has 0 aliphatic rings. The molecule has 0 aliphatic carbocycles. The summed E-state index contributed by atoms with van der Waals surface area (Å²) in [4.78, 5) is 22.3. The van der Waals surface area contributed by atoms with Crippen molar-refractivity contribution in [3.05, 3.63) is 58.1 Å². The van der Waals surface area contributed by atoms with E-state index in [0.717, 1.165) is 5.56 Å². The third-order valence-corrected chi connectivity index (χ3v) is 3.72. The first-order valence-electron chi connectivity index (χ1n) is 8.26. The summed E-state index contributed by atoms with van der Waals surface area (Å²) in [6, 6.07) is 10.2. The molecule has 0 aliphatic heterocycles. The van der Waals surface area contributed by atoms with Gasteiger partial charge >= 0.3 is 6.61 Å². The van der Waals surface area contributed by atoms with Crippen molar-refractivity contribution >= 4 is 17.3 Å². The first-order valence-corrected chi connectivity index (χ1v) is 8.26. The van der Waals surface area contributed by atoms with Gasteiger partial charge in [0.25, 0.3) is 5.69 Å². The molecule has 150 valence electrons. The van der Waals surface area contributed by atoms with E-state index in [-0.39, 0.29) is 23.9 Å². The van der Waals surface area contributed by atoms with Crippen LogP contribution in [0.2, 0.25) is 0 Å². The molecule has 0 aromatic heterocycles. The Kier molecular flexibility index (Phi) is 7.49. The van der Waals surface area contributed by atoms with E-state index < -0.39 is 11.5 Å². The van der Waals surface area contributed by atoms with E-state index in [0.29, 0.717) is 24.4 Å². The van der Waals surface area contributed by atoms with Crippen LogP contribution in [0.15, 0.2) is 42.5 Å². The maximum atomic E-state index is 12.1. The molecular formula is C18H19F2N3O5. The molecule has 28 heavy (non-hydrogen) atoms. The summed E-state index contributed by atoms with van der Waals surface area (Å²) in [5.41, 5.74) is 1.06. The van der Waals surface area contributed by atoms with E-state index in [2.05, 4.69) is 15.4 Å². The summed E-state index contributed by atoms with van der Waals surface area (Å²) >= 11 is 0. The van der Waals surface area contributed by atoms with Crippen LogP contribution >= 0.6 is 0 Å². The largest absolute Gasteiger partial charge is 0.495 e. The number of halogens is 2. The lowest BCUT2D eigenvalue weighted by molar-refractivity contribution is -0.384. The van der Waals surface area contributed by atoms with Gasteiger partial charge in [-0.1, -0.05) is 12.1 Å². The molecule has 2 rings (SSSR count). The van der Waals surface area contributed by atoms with Crippen LogP contribution in [-0.2, 0) is 11.2 Å². The topological polar surface area (TPSA) is 103 Å². The molecule has 0 bridgehead atoms. The van der Waals surface area contributed by atoms with Gasteiger partial charge in [0.15, 0.2) is 0 Å². The first-order chi connectivity index (χ1) is 13.4. The zero-order valence-electron chi connectivity index (χ0n) is 15.0. The fourth-order valence-corrected chi connectivity index (χ4v) is 2.37. The Morgan fingerprint density at radius 3 is 2.54 bits per heavy atom. The van der Waals surface area contributed by atoms with E-state index in [9.17, 15) is 23.7 Å². The maximum absolute atomic E-state index is 12.1. The highest BCUT2D eigenvalue weighted by atomic mass is 19.3. The van der Waals surface area contributed by atoms with Crippen LogP contribution in [0, 0.1) is 10.1 Å². The quantitative estimate of drug-likeness (QED) is 0.474. The summed E-state index contributed by atoms with van der Waals surface area (Å²) in [5, 5.41) is 16.4. The van der Waals surface area contributed by atoms with Crippen LogP contribution in [0.5, 0.6) is 11.5 Å². The van der Waals surface area contributed by atoms with Gasteiger partial charge in [0.05, 0.1) is 24.3 Å². The predicted molar refractivity (Wildman–Crippen MR) is 97.9 cm³/mol. The number of carbonyl (C=O) groups excluding carboxylic acids is 1. The lowest BCUT2D eigenvalue weighted by Gasteiger charge is -2.11. The van der Waals surface area contributed by atoms with E-state index in [1.807, 2.05) is 0 Å². The molecule has 0 heterocycles.